The summed E-state index contributed by atoms with van der Waals surface area (Å²) in [5, 5.41) is 15.7. The lowest BCUT2D eigenvalue weighted by molar-refractivity contribution is 0.335. The molecular formula is C30H29FN6. The van der Waals surface area contributed by atoms with Crippen LogP contribution in [0, 0.1) is 23.1 Å². The zero-order valence-corrected chi connectivity index (χ0v) is 21.2. The van der Waals surface area contributed by atoms with Crippen LogP contribution >= 0.6 is 0 Å². The van der Waals surface area contributed by atoms with E-state index in [2.05, 4.69) is 39.9 Å². The van der Waals surface area contributed by atoms with Crippen molar-refractivity contribution in [3.05, 3.63) is 72.4 Å². The van der Waals surface area contributed by atoms with Crippen molar-refractivity contribution in [2.75, 3.05) is 20.1 Å². The number of nitrogens with zero attached hydrogens (tertiary/aromatic N) is 6. The molecule has 1 fully saturated rings. The van der Waals surface area contributed by atoms with Gasteiger partial charge >= 0.3 is 0 Å². The minimum atomic E-state index is -0.521. The Kier molecular flexibility index (Phi) is 5.97. The summed E-state index contributed by atoms with van der Waals surface area (Å²) in [4.78, 5) is 7.37. The van der Waals surface area contributed by atoms with E-state index in [9.17, 15) is 9.65 Å². The number of hydrogen-bond donors (Lipinski definition) is 0. The van der Waals surface area contributed by atoms with Crippen LogP contribution in [0.2, 0.25) is 0 Å². The standard InChI is InChI=1S/C30H29FN6/c1-35-11-3-4-20(9-12-35)19-37-13-10-25-28(37)18-33-30(22-7-8-27-24(14-22)17-34-36(27)2)29(25)21-5-6-23(16-32)26(31)15-21/h5-8,10,13-15,17-18,20H,3-4,9,11-12,19H2,1-2H3. The van der Waals surface area contributed by atoms with Crippen LogP contribution in [0.1, 0.15) is 24.8 Å². The van der Waals surface area contributed by atoms with Gasteiger partial charge in [-0.2, -0.15) is 10.4 Å². The number of nitriles is 1. The fraction of sp³-hybridized carbons (Fsp3) is 0.300. The molecule has 0 N–H and O–H groups in total. The minimum absolute atomic E-state index is 0.0399. The van der Waals surface area contributed by atoms with E-state index < -0.39 is 5.82 Å². The second-order valence-electron chi connectivity index (χ2n) is 10.2. The molecule has 1 unspecified atom stereocenters. The molecule has 186 valence electrons. The predicted octanol–water partition coefficient (Wildman–Crippen LogP) is 6.00. The van der Waals surface area contributed by atoms with Crippen molar-refractivity contribution in [2.45, 2.75) is 25.8 Å². The van der Waals surface area contributed by atoms with Gasteiger partial charge in [0, 0.05) is 41.7 Å². The molecule has 0 spiro atoms. The highest BCUT2D eigenvalue weighted by Gasteiger charge is 2.20. The van der Waals surface area contributed by atoms with Crippen LogP contribution in [0.25, 0.3) is 44.2 Å². The Morgan fingerprint density at radius 1 is 1.00 bits per heavy atom. The number of fused-ring (bicyclic) bond motifs is 2. The number of halogens is 1. The number of aryl methyl sites for hydroxylation is 1. The fourth-order valence-electron chi connectivity index (χ4n) is 5.67. The quantitative estimate of drug-likeness (QED) is 0.309. The van der Waals surface area contributed by atoms with E-state index in [0.717, 1.165) is 58.3 Å². The summed E-state index contributed by atoms with van der Waals surface area (Å²) < 4.78 is 18.9. The Balaban J connectivity index is 1.50. The van der Waals surface area contributed by atoms with E-state index in [1.165, 1.54) is 25.3 Å². The topological polar surface area (TPSA) is 62.7 Å². The molecule has 37 heavy (non-hydrogen) atoms. The van der Waals surface area contributed by atoms with Gasteiger partial charge in [0.2, 0.25) is 0 Å². The number of aromatic nitrogens is 4. The third-order valence-corrected chi connectivity index (χ3v) is 7.75. The highest BCUT2D eigenvalue weighted by atomic mass is 19.1. The van der Waals surface area contributed by atoms with Gasteiger partial charge in [-0.1, -0.05) is 12.1 Å². The zero-order valence-electron chi connectivity index (χ0n) is 21.2. The van der Waals surface area contributed by atoms with Gasteiger partial charge < -0.3 is 9.47 Å². The van der Waals surface area contributed by atoms with Gasteiger partial charge in [0.25, 0.3) is 0 Å². The lowest BCUT2D eigenvalue weighted by Gasteiger charge is -2.17. The van der Waals surface area contributed by atoms with Crippen molar-refractivity contribution in [2.24, 2.45) is 13.0 Å². The summed E-state index contributed by atoms with van der Waals surface area (Å²) in [7, 11) is 4.12. The van der Waals surface area contributed by atoms with E-state index in [0.29, 0.717) is 11.5 Å². The van der Waals surface area contributed by atoms with Gasteiger partial charge in [-0.3, -0.25) is 9.67 Å². The first-order valence-corrected chi connectivity index (χ1v) is 12.8. The maximum absolute atomic E-state index is 14.8. The highest BCUT2D eigenvalue weighted by Crippen LogP contribution is 2.39. The molecule has 7 heteroatoms. The first kappa shape index (κ1) is 23.4. The van der Waals surface area contributed by atoms with Gasteiger partial charge in [0.05, 0.1) is 34.7 Å². The molecule has 0 saturated carbocycles. The molecule has 0 amide bonds. The largest absolute Gasteiger partial charge is 0.346 e. The molecule has 1 aliphatic rings. The summed E-state index contributed by atoms with van der Waals surface area (Å²) in [5.41, 5.74) is 5.45. The molecule has 5 aromatic rings. The molecule has 0 bridgehead atoms. The molecule has 3 aromatic heterocycles. The monoisotopic (exact) mass is 492 g/mol. The van der Waals surface area contributed by atoms with E-state index in [1.807, 2.05) is 48.4 Å². The lowest BCUT2D eigenvalue weighted by Crippen LogP contribution is -2.19. The van der Waals surface area contributed by atoms with Crippen LogP contribution in [0.3, 0.4) is 0 Å². The van der Waals surface area contributed by atoms with E-state index >= 15 is 0 Å². The van der Waals surface area contributed by atoms with Crippen LogP contribution in [-0.4, -0.2) is 44.4 Å². The average molecular weight is 493 g/mol. The summed E-state index contributed by atoms with van der Waals surface area (Å²) >= 11 is 0. The third kappa shape index (κ3) is 4.28. The predicted molar refractivity (Wildman–Crippen MR) is 144 cm³/mol. The molecule has 0 radical (unpaired) electrons. The molecule has 6 nitrogen and oxygen atoms in total. The molecular weight excluding hydrogens is 463 g/mol. The number of likely N-dealkylation sites (tertiary alicyclic amines) is 1. The number of rotatable bonds is 4. The van der Waals surface area contributed by atoms with Crippen molar-refractivity contribution in [1.82, 2.24) is 24.2 Å². The van der Waals surface area contributed by atoms with Crippen LogP contribution in [-0.2, 0) is 13.6 Å². The summed E-state index contributed by atoms with van der Waals surface area (Å²) in [6.07, 6.45) is 9.55. The Morgan fingerprint density at radius 2 is 1.86 bits per heavy atom. The van der Waals surface area contributed by atoms with E-state index in [4.69, 9.17) is 4.98 Å². The van der Waals surface area contributed by atoms with Crippen LogP contribution in [0.4, 0.5) is 4.39 Å². The van der Waals surface area contributed by atoms with Gasteiger partial charge in [0.1, 0.15) is 11.9 Å². The van der Waals surface area contributed by atoms with Crippen molar-refractivity contribution in [3.63, 3.8) is 0 Å². The number of pyridine rings is 1. The van der Waals surface area contributed by atoms with Crippen molar-refractivity contribution < 1.29 is 4.39 Å². The first-order valence-electron chi connectivity index (χ1n) is 12.8. The molecule has 0 aliphatic carbocycles. The van der Waals surface area contributed by atoms with Gasteiger partial charge in [-0.15, -0.1) is 0 Å². The Morgan fingerprint density at radius 3 is 2.70 bits per heavy atom. The second-order valence-corrected chi connectivity index (χ2v) is 10.2. The first-order chi connectivity index (χ1) is 18.0. The summed E-state index contributed by atoms with van der Waals surface area (Å²) in [6.45, 7) is 3.23. The Bertz CT molecular complexity index is 1660. The summed E-state index contributed by atoms with van der Waals surface area (Å²) in [6, 6.07) is 15.1. The molecule has 6 rings (SSSR count). The smallest absolute Gasteiger partial charge is 0.141 e. The van der Waals surface area contributed by atoms with Gasteiger partial charge in [-0.25, -0.2) is 4.39 Å². The number of hydrogen-bond acceptors (Lipinski definition) is 4. The van der Waals surface area contributed by atoms with Crippen LogP contribution in [0.15, 0.2) is 61.1 Å². The molecule has 1 atom stereocenters. The molecule has 1 aliphatic heterocycles. The van der Waals surface area contributed by atoms with Gasteiger partial charge in [0.15, 0.2) is 0 Å². The SMILES string of the molecule is CN1CCCC(Cn2ccc3c(-c4ccc(C#N)c(F)c4)c(-c4ccc5c(cnn5C)c4)ncc32)CC1. The second kappa shape index (κ2) is 9.45. The van der Waals surface area contributed by atoms with Crippen LogP contribution < -0.4 is 0 Å². The van der Waals surface area contributed by atoms with Crippen LogP contribution in [0.5, 0.6) is 0 Å². The van der Waals surface area contributed by atoms with Crippen molar-refractivity contribution in [1.29, 1.82) is 5.26 Å². The minimum Gasteiger partial charge on any atom is -0.346 e. The van der Waals surface area contributed by atoms with Gasteiger partial charge in [-0.05, 0) is 81.2 Å². The zero-order chi connectivity index (χ0) is 25.5. The third-order valence-electron chi connectivity index (χ3n) is 7.75. The molecule has 4 heterocycles. The Hall–Kier alpha value is -4.02. The van der Waals surface area contributed by atoms with Crippen molar-refractivity contribution in [3.8, 4) is 28.5 Å². The van der Waals surface area contributed by atoms with Crippen molar-refractivity contribution >= 4 is 21.8 Å². The Labute approximate surface area is 215 Å². The molecule has 1 saturated heterocycles. The summed E-state index contributed by atoms with van der Waals surface area (Å²) in [5.74, 6) is 0.0942. The maximum Gasteiger partial charge on any atom is 0.141 e. The fourth-order valence-corrected chi connectivity index (χ4v) is 5.67. The number of benzene rings is 2. The molecule has 2 aromatic carbocycles. The van der Waals surface area contributed by atoms with E-state index in [-0.39, 0.29) is 5.56 Å². The average Bonchev–Trinajstić information content (AvgIpc) is 3.42. The normalized spacial score (nSPS) is 16.8. The lowest BCUT2D eigenvalue weighted by atomic mass is 9.95. The highest BCUT2D eigenvalue weighted by molar-refractivity contribution is 6.02. The van der Waals surface area contributed by atoms with E-state index in [1.54, 1.807) is 6.07 Å². The maximum atomic E-state index is 14.8.